The van der Waals surface area contributed by atoms with Crippen LogP contribution in [-0.2, 0) is 13.0 Å². The maximum atomic E-state index is 5.59. The van der Waals surface area contributed by atoms with Crippen molar-refractivity contribution in [2.24, 2.45) is 4.99 Å². The fraction of sp³-hybridized carbons (Fsp3) is 0.350. The Morgan fingerprint density at radius 1 is 1.11 bits per heavy atom. The Labute approximate surface area is 163 Å². The Bertz CT molecular complexity index is 911. The Morgan fingerprint density at radius 2 is 1.89 bits per heavy atom. The number of benzene rings is 1. The summed E-state index contributed by atoms with van der Waals surface area (Å²) < 4.78 is 5.59. The normalized spacial score (nSPS) is 11.6. The highest BCUT2D eigenvalue weighted by Crippen LogP contribution is 2.19. The largest absolute Gasteiger partial charge is 0.444 e. The van der Waals surface area contributed by atoms with E-state index in [1.54, 1.807) is 24.6 Å². The molecule has 0 atom stereocenters. The molecule has 0 bridgehead atoms. The third-order valence-corrected chi connectivity index (χ3v) is 5.29. The van der Waals surface area contributed by atoms with E-state index in [1.807, 2.05) is 19.1 Å². The zero-order valence-electron chi connectivity index (χ0n) is 16.2. The van der Waals surface area contributed by atoms with Gasteiger partial charge in [0.2, 0.25) is 5.89 Å². The number of nitrogens with zero attached hydrogens (tertiary/aromatic N) is 3. The van der Waals surface area contributed by atoms with Crippen LogP contribution in [0, 0.1) is 20.8 Å². The van der Waals surface area contributed by atoms with Crippen molar-refractivity contribution in [3.63, 3.8) is 0 Å². The molecule has 0 amide bonds. The fourth-order valence-electron chi connectivity index (χ4n) is 2.71. The number of rotatable bonds is 6. The van der Waals surface area contributed by atoms with Gasteiger partial charge in [-0.05, 0) is 32.9 Å². The van der Waals surface area contributed by atoms with E-state index in [4.69, 9.17) is 4.42 Å². The highest BCUT2D eigenvalue weighted by atomic mass is 32.1. The van der Waals surface area contributed by atoms with Gasteiger partial charge in [0.05, 0.1) is 22.9 Å². The van der Waals surface area contributed by atoms with Crippen LogP contribution in [0.15, 0.2) is 39.9 Å². The van der Waals surface area contributed by atoms with E-state index in [1.165, 1.54) is 10.4 Å². The van der Waals surface area contributed by atoms with Crippen LogP contribution in [0.2, 0.25) is 0 Å². The number of guanidine groups is 1. The number of nitrogens with one attached hydrogen (secondary N) is 2. The van der Waals surface area contributed by atoms with Gasteiger partial charge in [-0.15, -0.1) is 11.3 Å². The van der Waals surface area contributed by atoms with E-state index < -0.39 is 0 Å². The average Bonchev–Trinajstić information content (AvgIpc) is 3.25. The number of aliphatic imine (C=N–C) groups is 1. The summed E-state index contributed by atoms with van der Waals surface area (Å²) in [6.07, 6.45) is 2.61. The van der Waals surface area contributed by atoms with Crippen LogP contribution in [0.1, 0.15) is 26.8 Å². The molecular weight excluding hydrogens is 358 g/mol. The lowest BCUT2D eigenvalue weighted by atomic mass is 10.1. The molecule has 3 rings (SSSR count). The third kappa shape index (κ3) is 5.17. The predicted molar refractivity (Wildman–Crippen MR) is 110 cm³/mol. The Kier molecular flexibility index (Phi) is 6.24. The number of aromatic nitrogens is 2. The van der Waals surface area contributed by atoms with E-state index in [-0.39, 0.29) is 0 Å². The first-order valence-electron chi connectivity index (χ1n) is 8.94. The zero-order chi connectivity index (χ0) is 19.2. The maximum absolute atomic E-state index is 5.59. The minimum Gasteiger partial charge on any atom is -0.444 e. The van der Waals surface area contributed by atoms with E-state index >= 15 is 0 Å². The first-order valence-corrected chi connectivity index (χ1v) is 9.75. The highest BCUT2D eigenvalue weighted by Gasteiger charge is 2.08. The van der Waals surface area contributed by atoms with Gasteiger partial charge in [-0.3, -0.25) is 4.99 Å². The van der Waals surface area contributed by atoms with Crippen LogP contribution in [-0.4, -0.2) is 29.5 Å². The van der Waals surface area contributed by atoms with Crippen molar-refractivity contribution in [1.29, 1.82) is 0 Å². The Morgan fingerprint density at radius 3 is 2.56 bits per heavy atom. The topological polar surface area (TPSA) is 75.3 Å². The standard InChI is InChI=1S/C20H25N5OS/c1-13-5-7-16(8-6-13)19-25-17(12-26-19)11-23-20(21-4)22-10-9-18-14(2)24-15(3)27-18/h5-8,12H,9-11H2,1-4H3,(H2,21,22,23). The summed E-state index contributed by atoms with van der Waals surface area (Å²) in [6.45, 7) is 7.51. The van der Waals surface area contributed by atoms with Crippen molar-refractivity contribution >= 4 is 17.3 Å². The van der Waals surface area contributed by atoms with Crippen LogP contribution in [0.3, 0.4) is 0 Å². The van der Waals surface area contributed by atoms with E-state index in [0.29, 0.717) is 12.4 Å². The van der Waals surface area contributed by atoms with Gasteiger partial charge in [-0.2, -0.15) is 0 Å². The van der Waals surface area contributed by atoms with Crippen molar-refractivity contribution in [2.45, 2.75) is 33.7 Å². The number of oxazole rings is 1. The number of hydrogen-bond donors (Lipinski definition) is 2. The van der Waals surface area contributed by atoms with Crippen molar-refractivity contribution in [3.8, 4) is 11.5 Å². The van der Waals surface area contributed by atoms with Gasteiger partial charge in [0.25, 0.3) is 0 Å². The lowest BCUT2D eigenvalue weighted by Crippen LogP contribution is -2.37. The SMILES string of the molecule is CN=C(NCCc1sc(C)nc1C)NCc1coc(-c2ccc(C)cc2)n1. The molecule has 0 unspecified atom stereocenters. The van der Waals surface area contributed by atoms with Crippen LogP contribution in [0.4, 0.5) is 0 Å². The first kappa shape index (κ1) is 19.1. The molecular formula is C20H25N5OS. The zero-order valence-corrected chi connectivity index (χ0v) is 17.0. The van der Waals surface area contributed by atoms with Gasteiger partial charge < -0.3 is 15.1 Å². The summed E-state index contributed by atoms with van der Waals surface area (Å²) in [5, 5.41) is 7.71. The molecule has 1 aromatic carbocycles. The van der Waals surface area contributed by atoms with Crippen molar-refractivity contribution in [1.82, 2.24) is 20.6 Å². The molecule has 0 spiro atoms. The quantitative estimate of drug-likeness (QED) is 0.502. The second kappa shape index (κ2) is 8.81. The van der Waals surface area contributed by atoms with Gasteiger partial charge in [-0.1, -0.05) is 17.7 Å². The summed E-state index contributed by atoms with van der Waals surface area (Å²) in [5.41, 5.74) is 4.14. The maximum Gasteiger partial charge on any atom is 0.226 e. The van der Waals surface area contributed by atoms with E-state index in [0.717, 1.165) is 40.9 Å². The summed E-state index contributed by atoms with van der Waals surface area (Å²) >= 11 is 1.75. The Balaban J connectivity index is 1.49. The molecule has 6 nitrogen and oxygen atoms in total. The minimum atomic E-state index is 0.549. The molecule has 0 saturated carbocycles. The molecule has 0 radical (unpaired) electrons. The highest BCUT2D eigenvalue weighted by molar-refractivity contribution is 7.11. The summed E-state index contributed by atoms with van der Waals surface area (Å²) in [5.74, 6) is 1.37. The second-order valence-electron chi connectivity index (χ2n) is 6.35. The molecule has 3 aromatic rings. The van der Waals surface area contributed by atoms with Gasteiger partial charge in [0.1, 0.15) is 6.26 Å². The molecule has 2 heterocycles. The summed E-state index contributed by atoms with van der Waals surface area (Å²) in [6, 6.07) is 8.13. The van der Waals surface area contributed by atoms with Crippen LogP contribution in [0.5, 0.6) is 0 Å². The van der Waals surface area contributed by atoms with Gasteiger partial charge >= 0.3 is 0 Å². The van der Waals surface area contributed by atoms with Gasteiger partial charge in [0.15, 0.2) is 5.96 Å². The van der Waals surface area contributed by atoms with Gasteiger partial charge in [-0.25, -0.2) is 9.97 Å². The molecule has 27 heavy (non-hydrogen) atoms. The molecule has 0 aliphatic heterocycles. The van der Waals surface area contributed by atoms with Crippen LogP contribution in [0.25, 0.3) is 11.5 Å². The molecule has 142 valence electrons. The van der Waals surface area contributed by atoms with Crippen LogP contribution >= 0.6 is 11.3 Å². The molecule has 2 N–H and O–H groups in total. The third-order valence-electron chi connectivity index (χ3n) is 4.15. The van der Waals surface area contributed by atoms with Crippen LogP contribution < -0.4 is 10.6 Å². The van der Waals surface area contributed by atoms with Crippen molar-refractivity contribution < 1.29 is 4.42 Å². The van der Waals surface area contributed by atoms with E-state index in [2.05, 4.69) is 51.6 Å². The molecule has 0 saturated heterocycles. The molecule has 0 aliphatic rings. The summed E-state index contributed by atoms with van der Waals surface area (Å²) in [4.78, 5) is 14.6. The molecule has 0 fully saturated rings. The van der Waals surface area contributed by atoms with E-state index in [9.17, 15) is 0 Å². The predicted octanol–water partition coefficient (Wildman–Crippen LogP) is 3.63. The number of aryl methyl sites for hydroxylation is 3. The van der Waals surface area contributed by atoms with Crippen molar-refractivity contribution in [3.05, 3.63) is 57.4 Å². The number of hydrogen-bond acceptors (Lipinski definition) is 5. The molecule has 7 heteroatoms. The first-order chi connectivity index (χ1) is 13.0. The average molecular weight is 384 g/mol. The minimum absolute atomic E-state index is 0.549. The molecule has 2 aromatic heterocycles. The van der Waals surface area contributed by atoms with Crippen molar-refractivity contribution in [2.75, 3.05) is 13.6 Å². The molecule has 0 aliphatic carbocycles. The monoisotopic (exact) mass is 383 g/mol. The smallest absolute Gasteiger partial charge is 0.226 e. The summed E-state index contributed by atoms with van der Waals surface area (Å²) in [7, 11) is 1.76. The lowest BCUT2D eigenvalue weighted by molar-refractivity contribution is 0.572. The lowest BCUT2D eigenvalue weighted by Gasteiger charge is -2.10. The number of thiazole rings is 1. The second-order valence-corrected chi connectivity index (χ2v) is 7.64. The Hall–Kier alpha value is -2.67. The fourth-order valence-corrected chi connectivity index (χ4v) is 3.65. The van der Waals surface area contributed by atoms with Gasteiger partial charge in [0, 0.05) is 30.5 Å².